The molecule has 0 unspecified atom stereocenters. The fourth-order valence-corrected chi connectivity index (χ4v) is 3.59. The molecule has 3 N–H and O–H groups in total. The molecule has 0 saturated carbocycles. The minimum absolute atomic E-state index is 0.0859. The molecule has 0 amide bonds. The molecule has 0 saturated heterocycles. The summed E-state index contributed by atoms with van der Waals surface area (Å²) < 4.78 is 26.3. The van der Waals surface area contributed by atoms with Crippen LogP contribution in [0.4, 0.5) is 5.69 Å². The predicted octanol–water partition coefficient (Wildman–Crippen LogP) is 1.28. The second-order valence-corrected chi connectivity index (χ2v) is 6.51. The quantitative estimate of drug-likeness (QED) is 0.772. The fraction of sp³-hybridized carbons (Fsp3) is 0.538. The minimum atomic E-state index is -3.65. The summed E-state index contributed by atoms with van der Waals surface area (Å²) in [5, 5.41) is 9.00. The second-order valence-electron chi connectivity index (χ2n) is 4.60. The van der Waals surface area contributed by atoms with Crippen molar-refractivity contribution in [1.29, 1.82) is 0 Å². The first kappa shape index (κ1) is 15.9. The van der Waals surface area contributed by atoms with Crippen LogP contribution in [0, 0.1) is 13.8 Å². The van der Waals surface area contributed by atoms with E-state index in [1.807, 2.05) is 20.8 Å². The number of nitrogens with two attached hydrogens (primary N) is 1. The van der Waals surface area contributed by atoms with Crippen molar-refractivity contribution in [2.24, 2.45) is 0 Å². The van der Waals surface area contributed by atoms with Gasteiger partial charge in [0, 0.05) is 13.1 Å². The Morgan fingerprint density at radius 3 is 2.32 bits per heavy atom. The molecule has 0 aromatic heterocycles. The van der Waals surface area contributed by atoms with E-state index in [1.165, 1.54) is 4.31 Å². The molecule has 0 radical (unpaired) electrons. The fourth-order valence-electron chi connectivity index (χ4n) is 1.89. The zero-order valence-corrected chi connectivity index (χ0v) is 12.5. The summed E-state index contributed by atoms with van der Waals surface area (Å²) >= 11 is 0. The molecule has 0 aliphatic heterocycles. The van der Waals surface area contributed by atoms with E-state index in [4.69, 9.17) is 10.8 Å². The molecule has 1 aromatic rings. The number of sulfonamides is 1. The lowest BCUT2D eigenvalue weighted by Crippen LogP contribution is -2.34. The van der Waals surface area contributed by atoms with Gasteiger partial charge in [0.1, 0.15) is 4.90 Å². The first-order chi connectivity index (χ1) is 8.84. The monoisotopic (exact) mass is 286 g/mol. The van der Waals surface area contributed by atoms with Crippen LogP contribution in [-0.4, -0.2) is 37.5 Å². The summed E-state index contributed by atoms with van der Waals surface area (Å²) in [4.78, 5) is 0.123. The zero-order chi connectivity index (χ0) is 14.6. The van der Waals surface area contributed by atoms with E-state index < -0.39 is 10.0 Å². The van der Waals surface area contributed by atoms with Crippen LogP contribution >= 0.6 is 0 Å². The van der Waals surface area contributed by atoms with E-state index in [1.54, 1.807) is 12.1 Å². The van der Waals surface area contributed by atoms with E-state index in [-0.39, 0.29) is 23.7 Å². The third kappa shape index (κ3) is 3.46. The Balaban J connectivity index is 3.28. The highest BCUT2D eigenvalue weighted by Gasteiger charge is 2.25. The molecule has 108 valence electrons. The number of aliphatic hydroxyl groups is 1. The summed E-state index contributed by atoms with van der Waals surface area (Å²) in [6, 6.07) is 3.27. The van der Waals surface area contributed by atoms with Crippen molar-refractivity contribution >= 4 is 15.7 Å². The van der Waals surface area contributed by atoms with Gasteiger partial charge in [-0.15, -0.1) is 0 Å². The molecule has 0 aliphatic carbocycles. The third-order valence-corrected chi connectivity index (χ3v) is 5.02. The molecule has 0 heterocycles. The number of rotatable bonds is 6. The number of benzene rings is 1. The largest absolute Gasteiger partial charge is 0.398 e. The maximum atomic E-state index is 12.5. The van der Waals surface area contributed by atoms with Crippen molar-refractivity contribution in [3.63, 3.8) is 0 Å². The van der Waals surface area contributed by atoms with Crippen LogP contribution in [0.25, 0.3) is 0 Å². The number of nitrogen functional groups attached to an aromatic ring is 1. The highest BCUT2D eigenvalue weighted by Crippen LogP contribution is 2.25. The third-order valence-electron chi connectivity index (χ3n) is 3.07. The maximum absolute atomic E-state index is 12.5. The molecule has 1 rings (SSSR count). The van der Waals surface area contributed by atoms with Gasteiger partial charge < -0.3 is 10.8 Å². The van der Waals surface area contributed by atoms with Crippen LogP contribution in [0.1, 0.15) is 24.5 Å². The molecule has 0 bridgehead atoms. The van der Waals surface area contributed by atoms with Crippen LogP contribution in [0.15, 0.2) is 17.0 Å². The van der Waals surface area contributed by atoms with Crippen LogP contribution in [0.3, 0.4) is 0 Å². The van der Waals surface area contributed by atoms with Gasteiger partial charge in [0.05, 0.1) is 12.3 Å². The van der Waals surface area contributed by atoms with E-state index in [0.29, 0.717) is 13.0 Å². The molecule has 5 nitrogen and oxygen atoms in total. The van der Waals surface area contributed by atoms with Crippen molar-refractivity contribution in [1.82, 2.24) is 4.31 Å². The Bertz CT molecular complexity index is 535. The molecular weight excluding hydrogens is 264 g/mol. The standard InChI is InChI=1S/C13H22N2O3S/c1-4-5-15(6-7-16)19(17,18)13-9-11(3)10(2)8-12(13)14/h8-9,16H,4-7,14H2,1-3H3. The Hall–Kier alpha value is -1.11. The van der Waals surface area contributed by atoms with Crippen LogP contribution < -0.4 is 5.73 Å². The number of hydrogen-bond acceptors (Lipinski definition) is 4. The van der Waals surface area contributed by atoms with E-state index in [9.17, 15) is 8.42 Å². The van der Waals surface area contributed by atoms with Gasteiger partial charge in [0.25, 0.3) is 0 Å². The van der Waals surface area contributed by atoms with Crippen LogP contribution in [-0.2, 0) is 10.0 Å². The second kappa shape index (κ2) is 6.36. The number of aryl methyl sites for hydroxylation is 2. The molecule has 6 heteroatoms. The number of hydrogen-bond donors (Lipinski definition) is 2. The minimum Gasteiger partial charge on any atom is -0.398 e. The van der Waals surface area contributed by atoms with Gasteiger partial charge in [-0.25, -0.2) is 8.42 Å². The molecule has 0 atom stereocenters. The normalized spacial score (nSPS) is 12.1. The Morgan fingerprint density at radius 2 is 1.79 bits per heavy atom. The maximum Gasteiger partial charge on any atom is 0.245 e. The molecule has 1 aromatic carbocycles. The predicted molar refractivity (Wildman–Crippen MR) is 76.5 cm³/mol. The molecule has 0 fully saturated rings. The van der Waals surface area contributed by atoms with Gasteiger partial charge in [-0.2, -0.15) is 4.31 Å². The first-order valence-corrected chi connectivity index (χ1v) is 7.76. The average molecular weight is 286 g/mol. The first-order valence-electron chi connectivity index (χ1n) is 6.32. The summed E-state index contributed by atoms with van der Waals surface area (Å²) in [5.74, 6) is 0. The SMILES string of the molecule is CCCN(CCO)S(=O)(=O)c1cc(C)c(C)cc1N. The molecule has 19 heavy (non-hydrogen) atoms. The Morgan fingerprint density at radius 1 is 1.21 bits per heavy atom. The topological polar surface area (TPSA) is 83.6 Å². The highest BCUT2D eigenvalue weighted by molar-refractivity contribution is 7.89. The summed E-state index contributed by atoms with van der Waals surface area (Å²) in [6.45, 7) is 5.88. The van der Waals surface area contributed by atoms with Gasteiger partial charge in [0.2, 0.25) is 10.0 Å². The summed E-state index contributed by atoms with van der Waals surface area (Å²) in [7, 11) is -3.65. The lowest BCUT2D eigenvalue weighted by Gasteiger charge is -2.22. The smallest absolute Gasteiger partial charge is 0.245 e. The molecule has 0 spiro atoms. The summed E-state index contributed by atoms with van der Waals surface area (Å²) in [6.07, 6.45) is 0.685. The summed E-state index contributed by atoms with van der Waals surface area (Å²) in [5.41, 5.74) is 7.93. The van der Waals surface area contributed by atoms with Gasteiger partial charge in [-0.3, -0.25) is 0 Å². The van der Waals surface area contributed by atoms with Gasteiger partial charge >= 0.3 is 0 Å². The van der Waals surface area contributed by atoms with Crippen LogP contribution in [0.5, 0.6) is 0 Å². The number of anilines is 1. The Labute approximate surface area is 115 Å². The van der Waals surface area contributed by atoms with Crippen molar-refractivity contribution in [3.8, 4) is 0 Å². The van der Waals surface area contributed by atoms with Crippen LogP contribution in [0.2, 0.25) is 0 Å². The van der Waals surface area contributed by atoms with Gasteiger partial charge in [-0.1, -0.05) is 6.92 Å². The van der Waals surface area contributed by atoms with Crippen molar-refractivity contribution in [3.05, 3.63) is 23.3 Å². The van der Waals surface area contributed by atoms with Gasteiger partial charge in [-0.05, 0) is 43.5 Å². The number of nitrogens with zero attached hydrogens (tertiary/aromatic N) is 1. The lowest BCUT2D eigenvalue weighted by molar-refractivity contribution is 0.253. The average Bonchev–Trinajstić information content (AvgIpc) is 2.33. The highest BCUT2D eigenvalue weighted by atomic mass is 32.2. The number of aliphatic hydroxyl groups excluding tert-OH is 1. The van der Waals surface area contributed by atoms with E-state index in [0.717, 1.165) is 11.1 Å². The molecule has 0 aliphatic rings. The van der Waals surface area contributed by atoms with E-state index >= 15 is 0 Å². The van der Waals surface area contributed by atoms with E-state index in [2.05, 4.69) is 0 Å². The zero-order valence-electron chi connectivity index (χ0n) is 11.7. The van der Waals surface area contributed by atoms with Gasteiger partial charge in [0.15, 0.2) is 0 Å². The van der Waals surface area contributed by atoms with Crippen molar-refractivity contribution in [2.75, 3.05) is 25.4 Å². The van der Waals surface area contributed by atoms with Crippen molar-refractivity contribution in [2.45, 2.75) is 32.1 Å². The molecular formula is C13H22N2O3S. The van der Waals surface area contributed by atoms with Crippen molar-refractivity contribution < 1.29 is 13.5 Å². The Kier molecular flexibility index (Phi) is 5.34. The lowest BCUT2D eigenvalue weighted by atomic mass is 10.1.